The molecule has 0 spiro atoms. The van der Waals surface area contributed by atoms with E-state index >= 15 is 0 Å². The van der Waals surface area contributed by atoms with Gasteiger partial charge in [-0.2, -0.15) is 0 Å². The fraction of sp³-hybridized carbons (Fsp3) is 0.417. The molecule has 1 rings (SSSR count). The van der Waals surface area contributed by atoms with Crippen LogP contribution in [0.3, 0.4) is 0 Å². The number of benzene rings is 1. The standard InChI is InChI=1S/C12H16O3/c1-9-6-10(2)12(11(7-9)8-13)15-5-4-14-3/h6-8H,4-5H2,1-3H3. The molecule has 1 aromatic carbocycles. The first-order valence-electron chi connectivity index (χ1n) is 4.87. The maximum absolute atomic E-state index is 10.9. The van der Waals surface area contributed by atoms with E-state index in [9.17, 15) is 4.79 Å². The molecule has 0 amide bonds. The van der Waals surface area contributed by atoms with E-state index in [0.29, 0.717) is 24.5 Å². The fourth-order valence-electron chi connectivity index (χ4n) is 1.50. The highest BCUT2D eigenvalue weighted by atomic mass is 16.5. The number of hydrogen-bond donors (Lipinski definition) is 0. The van der Waals surface area contributed by atoms with Crippen LogP contribution in [0.15, 0.2) is 12.1 Å². The normalized spacial score (nSPS) is 10.1. The predicted molar refractivity (Wildman–Crippen MR) is 58.7 cm³/mol. The Hall–Kier alpha value is -1.35. The summed E-state index contributed by atoms with van der Waals surface area (Å²) >= 11 is 0. The molecular weight excluding hydrogens is 192 g/mol. The van der Waals surface area contributed by atoms with E-state index in [1.807, 2.05) is 26.0 Å². The summed E-state index contributed by atoms with van der Waals surface area (Å²) in [7, 11) is 1.62. The number of aryl methyl sites for hydroxylation is 2. The van der Waals surface area contributed by atoms with Gasteiger partial charge in [0.1, 0.15) is 12.4 Å². The van der Waals surface area contributed by atoms with Crippen molar-refractivity contribution in [1.82, 2.24) is 0 Å². The van der Waals surface area contributed by atoms with Crippen molar-refractivity contribution in [1.29, 1.82) is 0 Å². The highest BCUT2D eigenvalue weighted by Gasteiger charge is 2.07. The lowest BCUT2D eigenvalue weighted by Crippen LogP contribution is -2.07. The summed E-state index contributed by atoms with van der Waals surface area (Å²) < 4.78 is 10.4. The molecule has 3 heteroatoms. The molecule has 0 radical (unpaired) electrons. The lowest BCUT2D eigenvalue weighted by molar-refractivity contribution is 0.111. The number of rotatable bonds is 5. The first-order chi connectivity index (χ1) is 7.19. The molecule has 0 aromatic heterocycles. The smallest absolute Gasteiger partial charge is 0.153 e. The molecule has 0 N–H and O–H groups in total. The molecule has 0 saturated heterocycles. The number of hydrogen-bond acceptors (Lipinski definition) is 3. The summed E-state index contributed by atoms with van der Waals surface area (Å²) in [5.41, 5.74) is 2.64. The van der Waals surface area contributed by atoms with Crippen LogP contribution in [0.5, 0.6) is 5.75 Å². The van der Waals surface area contributed by atoms with Gasteiger partial charge in [-0.3, -0.25) is 4.79 Å². The lowest BCUT2D eigenvalue weighted by atomic mass is 10.1. The third-order valence-electron chi connectivity index (χ3n) is 2.11. The fourth-order valence-corrected chi connectivity index (χ4v) is 1.50. The van der Waals surface area contributed by atoms with Gasteiger partial charge in [-0.05, 0) is 31.0 Å². The zero-order valence-corrected chi connectivity index (χ0v) is 9.37. The molecule has 15 heavy (non-hydrogen) atoms. The van der Waals surface area contributed by atoms with Gasteiger partial charge in [0.15, 0.2) is 6.29 Å². The van der Waals surface area contributed by atoms with Gasteiger partial charge in [-0.15, -0.1) is 0 Å². The summed E-state index contributed by atoms with van der Waals surface area (Å²) in [5.74, 6) is 0.660. The second kappa shape index (κ2) is 5.51. The van der Waals surface area contributed by atoms with Crippen LogP contribution in [0.4, 0.5) is 0 Å². The third-order valence-corrected chi connectivity index (χ3v) is 2.11. The van der Waals surface area contributed by atoms with Crippen molar-refractivity contribution in [2.24, 2.45) is 0 Å². The number of aldehydes is 1. The van der Waals surface area contributed by atoms with Gasteiger partial charge in [0.05, 0.1) is 12.2 Å². The Morgan fingerprint density at radius 1 is 1.27 bits per heavy atom. The average molecular weight is 208 g/mol. The number of carbonyl (C=O) groups is 1. The Labute approximate surface area is 90.0 Å². The molecule has 0 fully saturated rings. The number of methoxy groups -OCH3 is 1. The van der Waals surface area contributed by atoms with Crippen molar-refractivity contribution in [2.45, 2.75) is 13.8 Å². The molecule has 0 atom stereocenters. The molecule has 0 heterocycles. The molecule has 0 aliphatic carbocycles. The summed E-state index contributed by atoms with van der Waals surface area (Å²) in [6, 6.07) is 3.82. The SMILES string of the molecule is COCCOc1c(C)cc(C)cc1C=O. The molecular formula is C12H16O3. The zero-order valence-electron chi connectivity index (χ0n) is 9.37. The first-order valence-corrected chi connectivity index (χ1v) is 4.87. The molecule has 82 valence electrons. The van der Waals surface area contributed by atoms with Crippen molar-refractivity contribution in [3.8, 4) is 5.75 Å². The topological polar surface area (TPSA) is 35.5 Å². The van der Waals surface area contributed by atoms with Crippen LogP contribution in [-0.4, -0.2) is 26.6 Å². The second-order valence-corrected chi connectivity index (χ2v) is 3.46. The molecule has 0 unspecified atom stereocenters. The van der Waals surface area contributed by atoms with Gasteiger partial charge < -0.3 is 9.47 Å². The minimum Gasteiger partial charge on any atom is -0.490 e. The van der Waals surface area contributed by atoms with Crippen molar-refractivity contribution in [3.63, 3.8) is 0 Å². The highest BCUT2D eigenvalue weighted by molar-refractivity contribution is 5.80. The van der Waals surface area contributed by atoms with E-state index in [1.165, 1.54) is 0 Å². The average Bonchev–Trinajstić information content (AvgIpc) is 2.20. The summed E-state index contributed by atoms with van der Waals surface area (Å²) in [5, 5.41) is 0. The quantitative estimate of drug-likeness (QED) is 0.549. The van der Waals surface area contributed by atoms with Crippen LogP contribution in [0.25, 0.3) is 0 Å². The van der Waals surface area contributed by atoms with Gasteiger partial charge in [-0.25, -0.2) is 0 Å². The minimum atomic E-state index is 0.460. The highest BCUT2D eigenvalue weighted by Crippen LogP contribution is 2.23. The van der Waals surface area contributed by atoms with Crippen LogP contribution in [0, 0.1) is 13.8 Å². The van der Waals surface area contributed by atoms with E-state index < -0.39 is 0 Å². The molecule has 0 bridgehead atoms. The maximum Gasteiger partial charge on any atom is 0.153 e. The molecule has 1 aromatic rings. The molecule has 3 nitrogen and oxygen atoms in total. The van der Waals surface area contributed by atoms with E-state index in [-0.39, 0.29) is 0 Å². The molecule has 0 aliphatic rings. The van der Waals surface area contributed by atoms with Gasteiger partial charge in [0, 0.05) is 7.11 Å². The van der Waals surface area contributed by atoms with Gasteiger partial charge >= 0.3 is 0 Å². The van der Waals surface area contributed by atoms with Crippen LogP contribution in [0.2, 0.25) is 0 Å². The van der Waals surface area contributed by atoms with E-state index in [4.69, 9.17) is 9.47 Å². The van der Waals surface area contributed by atoms with Crippen LogP contribution in [-0.2, 0) is 4.74 Å². The van der Waals surface area contributed by atoms with Crippen LogP contribution >= 0.6 is 0 Å². The predicted octanol–water partition coefficient (Wildman–Crippen LogP) is 2.14. The van der Waals surface area contributed by atoms with Crippen LogP contribution in [0.1, 0.15) is 21.5 Å². The zero-order chi connectivity index (χ0) is 11.3. The lowest BCUT2D eigenvalue weighted by Gasteiger charge is -2.11. The minimum absolute atomic E-state index is 0.460. The van der Waals surface area contributed by atoms with Crippen molar-refractivity contribution in [3.05, 3.63) is 28.8 Å². The summed E-state index contributed by atoms with van der Waals surface area (Å²) in [6.07, 6.45) is 0.822. The molecule has 0 saturated carbocycles. The van der Waals surface area contributed by atoms with E-state index in [1.54, 1.807) is 7.11 Å². The van der Waals surface area contributed by atoms with Gasteiger partial charge in [0.25, 0.3) is 0 Å². The monoisotopic (exact) mass is 208 g/mol. The van der Waals surface area contributed by atoms with Crippen molar-refractivity contribution < 1.29 is 14.3 Å². The second-order valence-electron chi connectivity index (χ2n) is 3.46. The van der Waals surface area contributed by atoms with E-state index in [0.717, 1.165) is 17.4 Å². The van der Waals surface area contributed by atoms with Gasteiger partial charge in [0.2, 0.25) is 0 Å². The Morgan fingerprint density at radius 2 is 2.00 bits per heavy atom. The number of ether oxygens (including phenoxy) is 2. The third kappa shape index (κ3) is 3.06. The van der Waals surface area contributed by atoms with Crippen molar-refractivity contribution in [2.75, 3.05) is 20.3 Å². The largest absolute Gasteiger partial charge is 0.490 e. The summed E-state index contributed by atoms with van der Waals surface area (Å²) in [4.78, 5) is 10.9. The first kappa shape index (κ1) is 11.7. The van der Waals surface area contributed by atoms with Gasteiger partial charge in [-0.1, -0.05) is 6.07 Å². The summed E-state index contributed by atoms with van der Waals surface area (Å²) in [6.45, 7) is 4.87. The maximum atomic E-state index is 10.9. The Balaban J connectivity index is 2.89. The Bertz CT molecular complexity index is 345. The van der Waals surface area contributed by atoms with E-state index in [2.05, 4.69) is 0 Å². The molecule has 0 aliphatic heterocycles. The van der Waals surface area contributed by atoms with Crippen LogP contribution < -0.4 is 4.74 Å². The number of carbonyl (C=O) groups excluding carboxylic acids is 1. The Morgan fingerprint density at radius 3 is 2.60 bits per heavy atom. The van der Waals surface area contributed by atoms with Crippen molar-refractivity contribution >= 4 is 6.29 Å². The Kier molecular flexibility index (Phi) is 4.31.